The predicted octanol–water partition coefficient (Wildman–Crippen LogP) is 2.79. The lowest BCUT2D eigenvalue weighted by atomic mass is 10.1. The minimum absolute atomic E-state index is 0.0112. The lowest BCUT2D eigenvalue weighted by Crippen LogP contribution is -2.44. The molecule has 0 saturated carbocycles. The van der Waals surface area contributed by atoms with Gasteiger partial charge in [-0.3, -0.25) is 4.90 Å². The van der Waals surface area contributed by atoms with Crippen LogP contribution in [0.2, 0.25) is 0 Å². The van der Waals surface area contributed by atoms with Crippen molar-refractivity contribution in [3.05, 3.63) is 0 Å². The predicted molar refractivity (Wildman–Crippen MR) is 84.8 cm³/mol. The summed E-state index contributed by atoms with van der Waals surface area (Å²) in [5.74, 6) is 0.616. The van der Waals surface area contributed by atoms with E-state index in [9.17, 15) is 0 Å². The molecule has 0 aliphatic carbocycles. The van der Waals surface area contributed by atoms with Crippen molar-refractivity contribution >= 4 is 11.6 Å². The molecule has 0 unspecified atom stereocenters. The zero-order chi connectivity index (χ0) is 15.3. The summed E-state index contributed by atoms with van der Waals surface area (Å²) < 4.78 is 16.4. The first-order chi connectivity index (χ1) is 9.54. The molecule has 0 bridgehead atoms. The van der Waals surface area contributed by atoms with E-state index >= 15 is 0 Å². The summed E-state index contributed by atoms with van der Waals surface area (Å²) in [6.45, 7) is 11.4. The standard InChI is InChI=1S/C15H32ClNO3/c1-5-6-8-18-10-12-20-13-11-19-9-7-17(4)15(2,3)14-16/h5-14H2,1-4H3. The van der Waals surface area contributed by atoms with Crippen LogP contribution in [0, 0.1) is 0 Å². The van der Waals surface area contributed by atoms with Gasteiger partial charge in [0.05, 0.1) is 33.0 Å². The topological polar surface area (TPSA) is 30.9 Å². The fraction of sp³-hybridized carbons (Fsp3) is 1.00. The van der Waals surface area contributed by atoms with Crippen molar-refractivity contribution in [3.8, 4) is 0 Å². The summed E-state index contributed by atoms with van der Waals surface area (Å²) in [5, 5.41) is 0. The molecule has 0 aromatic heterocycles. The van der Waals surface area contributed by atoms with E-state index in [4.69, 9.17) is 25.8 Å². The van der Waals surface area contributed by atoms with Gasteiger partial charge in [0, 0.05) is 24.6 Å². The number of ether oxygens (including phenoxy) is 3. The molecule has 0 rings (SSSR count). The average molecular weight is 310 g/mol. The maximum atomic E-state index is 5.92. The summed E-state index contributed by atoms with van der Waals surface area (Å²) in [5.41, 5.74) is 0.0112. The van der Waals surface area contributed by atoms with Crippen LogP contribution < -0.4 is 0 Å². The van der Waals surface area contributed by atoms with E-state index in [1.165, 1.54) is 6.42 Å². The van der Waals surface area contributed by atoms with Crippen molar-refractivity contribution in [1.29, 1.82) is 0 Å². The second-order valence-corrected chi connectivity index (χ2v) is 5.83. The normalized spacial score (nSPS) is 12.3. The van der Waals surface area contributed by atoms with Gasteiger partial charge >= 0.3 is 0 Å². The van der Waals surface area contributed by atoms with Gasteiger partial charge in [0.25, 0.3) is 0 Å². The maximum Gasteiger partial charge on any atom is 0.0701 e. The summed E-state index contributed by atoms with van der Waals surface area (Å²) >= 11 is 5.92. The third kappa shape index (κ3) is 10.9. The highest BCUT2D eigenvalue weighted by Crippen LogP contribution is 2.13. The summed E-state index contributed by atoms with van der Waals surface area (Å²) in [7, 11) is 2.07. The second-order valence-electron chi connectivity index (χ2n) is 5.56. The van der Waals surface area contributed by atoms with Crippen molar-refractivity contribution in [1.82, 2.24) is 4.90 Å². The van der Waals surface area contributed by atoms with E-state index < -0.39 is 0 Å². The molecule has 0 aliphatic rings. The van der Waals surface area contributed by atoms with E-state index in [0.717, 1.165) is 19.6 Å². The molecule has 0 spiro atoms. The smallest absolute Gasteiger partial charge is 0.0701 e. The van der Waals surface area contributed by atoms with Crippen LogP contribution in [0.1, 0.15) is 33.6 Å². The number of hydrogen-bond donors (Lipinski definition) is 0. The number of nitrogens with zero attached hydrogens (tertiary/aromatic N) is 1. The molecule has 4 nitrogen and oxygen atoms in total. The molecule has 122 valence electrons. The molecule has 0 aromatic rings. The van der Waals surface area contributed by atoms with E-state index in [0.29, 0.717) is 38.9 Å². The van der Waals surface area contributed by atoms with Gasteiger partial charge in [0.15, 0.2) is 0 Å². The number of halogens is 1. The molecule has 0 heterocycles. The Morgan fingerprint density at radius 3 is 1.90 bits per heavy atom. The van der Waals surface area contributed by atoms with E-state index in [1.54, 1.807) is 0 Å². The fourth-order valence-electron chi connectivity index (χ4n) is 1.39. The number of hydrogen-bond acceptors (Lipinski definition) is 4. The maximum absolute atomic E-state index is 5.92. The summed E-state index contributed by atoms with van der Waals surface area (Å²) in [6.07, 6.45) is 2.29. The van der Waals surface area contributed by atoms with Crippen LogP contribution in [0.15, 0.2) is 0 Å². The molecule has 0 amide bonds. The Morgan fingerprint density at radius 1 is 0.900 bits per heavy atom. The molecule has 0 aliphatic heterocycles. The van der Waals surface area contributed by atoms with Crippen LogP contribution in [-0.2, 0) is 14.2 Å². The lowest BCUT2D eigenvalue weighted by molar-refractivity contribution is 0.00739. The molecule has 20 heavy (non-hydrogen) atoms. The number of rotatable bonds is 14. The van der Waals surface area contributed by atoms with Gasteiger partial charge in [-0.05, 0) is 27.3 Å². The largest absolute Gasteiger partial charge is 0.379 e. The second kappa shape index (κ2) is 12.8. The summed E-state index contributed by atoms with van der Waals surface area (Å²) in [6, 6.07) is 0. The molecule has 0 saturated heterocycles. The lowest BCUT2D eigenvalue weighted by Gasteiger charge is -2.33. The van der Waals surface area contributed by atoms with Gasteiger partial charge in [-0.15, -0.1) is 11.6 Å². The highest BCUT2D eigenvalue weighted by molar-refractivity contribution is 6.18. The van der Waals surface area contributed by atoms with Crippen molar-refractivity contribution in [2.45, 2.75) is 39.2 Å². The van der Waals surface area contributed by atoms with Crippen LogP contribution in [0.25, 0.3) is 0 Å². The first kappa shape index (κ1) is 20.1. The van der Waals surface area contributed by atoms with E-state index in [2.05, 4.69) is 32.7 Å². The zero-order valence-corrected chi connectivity index (χ0v) is 14.4. The molecular weight excluding hydrogens is 278 g/mol. The van der Waals surface area contributed by atoms with Crippen molar-refractivity contribution in [3.63, 3.8) is 0 Å². The minimum atomic E-state index is 0.0112. The van der Waals surface area contributed by atoms with Crippen molar-refractivity contribution < 1.29 is 14.2 Å². The quantitative estimate of drug-likeness (QED) is 0.365. The van der Waals surface area contributed by atoms with Gasteiger partial charge in [-0.2, -0.15) is 0 Å². The van der Waals surface area contributed by atoms with E-state index in [-0.39, 0.29) is 5.54 Å². The van der Waals surface area contributed by atoms with Gasteiger partial charge in [-0.25, -0.2) is 0 Å². The molecule has 0 radical (unpaired) electrons. The Bertz CT molecular complexity index is 215. The van der Waals surface area contributed by atoms with Gasteiger partial charge in [0.1, 0.15) is 0 Å². The minimum Gasteiger partial charge on any atom is -0.379 e. The van der Waals surface area contributed by atoms with Gasteiger partial charge in [0.2, 0.25) is 0 Å². The zero-order valence-electron chi connectivity index (χ0n) is 13.6. The van der Waals surface area contributed by atoms with Gasteiger partial charge < -0.3 is 14.2 Å². The molecule has 0 N–H and O–H groups in total. The van der Waals surface area contributed by atoms with Crippen LogP contribution in [0.4, 0.5) is 0 Å². The molecular formula is C15H32ClNO3. The average Bonchev–Trinajstić information content (AvgIpc) is 2.44. The molecule has 0 aromatic carbocycles. The fourth-order valence-corrected chi connectivity index (χ4v) is 1.60. The highest BCUT2D eigenvalue weighted by atomic mass is 35.5. The summed E-state index contributed by atoms with van der Waals surface area (Å²) in [4.78, 5) is 2.21. The Balaban J connectivity index is 3.25. The highest BCUT2D eigenvalue weighted by Gasteiger charge is 2.21. The van der Waals surface area contributed by atoms with Crippen molar-refractivity contribution in [2.75, 3.05) is 59.1 Å². The first-order valence-electron chi connectivity index (χ1n) is 7.55. The van der Waals surface area contributed by atoms with Crippen LogP contribution in [-0.4, -0.2) is 69.6 Å². The third-order valence-corrected chi connectivity index (χ3v) is 3.97. The van der Waals surface area contributed by atoms with E-state index in [1.807, 2.05) is 0 Å². The Kier molecular flexibility index (Phi) is 12.9. The SMILES string of the molecule is CCCCOCCOCCOCCN(C)C(C)(C)CCl. The van der Waals surface area contributed by atoms with Crippen LogP contribution in [0.3, 0.4) is 0 Å². The molecule has 0 fully saturated rings. The van der Waals surface area contributed by atoms with Crippen LogP contribution >= 0.6 is 11.6 Å². The Labute approximate surface area is 129 Å². The third-order valence-electron chi connectivity index (χ3n) is 3.32. The molecule has 5 heteroatoms. The number of unbranched alkanes of at least 4 members (excludes halogenated alkanes) is 1. The Morgan fingerprint density at radius 2 is 1.40 bits per heavy atom. The Hall–Kier alpha value is 0.130. The monoisotopic (exact) mass is 309 g/mol. The molecule has 0 atom stereocenters. The van der Waals surface area contributed by atoms with Crippen LogP contribution in [0.5, 0.6) is 0 Å². The van der Waals surface area contributed by atoms with Crippen molar-refractivity contribution in [2.24, 2.45) is 0 Å². The van der Waals surface area contributed by atoms with Gasteiger partial charge in [-0.1, -0.05) is 13.3 Å². The number of alkyl halides is 1. The number of likely N-dealkylation sites (N-methyl/N-ethyl adjacent to an activating group) is 1. The first-order valence-corrected chi connectivity index (χ1v) is 8.08.